The minimum atomic E-state index is -4.66. The molecule has 1 heterocycles. The fourth-order valence-corrected chi connectivity index (χ4v) is 3.93. The molecule has 1 N–H and O–H groups in total. The number of hydrogen-bond donors (Lipinski definition) is 1. The van der Waals surface area contributed by atoms with Crippen molar-refractivity contribution in [2.24, 2.45) is 0 Å². The van der Waals surface area contributed by atoms with Gasteiger partial charge in [-0.15, -0.1) is 0 Å². The maximum Gasteiger partial charge on any atom is 0.416 e. The molecule has 0 aliphatic heterocycles. The summed E-state index contributed by atoms with van der Waals surface area (Å²) in [6, 6.07) is 12.5. The highest BCUT2D eigenvalue weighted by Crippen LogP contribution is 2.40. The average Bonchev–Trinajstić information content (AvgIpc) is 2.70. The van der Waals surface area contributed by atoms with Gasteiger partial charge >= 0.3 is 6.18 Å². The molecule has 2 aromatic carbocycles. The van der Waals surface area contributed by atoms with E-state index in [1.807, 2.05) is 0 Å². The van der Waals surface area contributed by atoms with Gasteiger partial charge in [-0.05, 0) is 29.8 Å². The van der Waals surface area contributed by atoms with Crippen molar-refractivity contribution in [3.63, 3.8) is 0 Å². The monoisotopic (exact) mass is 422 g/mol. The van der Waals surface area contributed by atoms with Gasteiger partial charge in [0.15, 0.2) is 0 Å². The number of alkyl halides is 3. The molecule has 0 amide bonds. The Bertz CT molecular complexity index is 1100. The predicted octanol–water partition coefficient (Wildman–Crippen LogP) is 4.29. The number of phenolic OH excluding ortho intramolecular Hbond substituents is 1. The summed E-state index contributed by atoms with van der Waals surface area (Å²) in [5, 5.41) is 10.6. The first-order valence-corrected chi connectivity index (χ1v) is 9.89. The molecule has 5 nitrogen and oxygen atoms in total. The van der Waals surface area contributed by atoms with Crippen LogP contribution in [0.25, 0.3) is 11.1 Å². The molecule has 3 rings (SSSR count). The Morgan fingerprint density at radius 1 is 1.07 bits per heavy atom. The van der Waals surface area contributed by atoms with E-state index in [1.54, 1.807) is 30.3 Å². The normalized spacial score (nSPS) is 12.3. The standard InChI is InChI=1S/C20H17F3N2O3S/c1-25(29(27,28)17-8-5-9-24-12-17)13-15-10-16(20(21,22)23)11-18(19(15)26)14-6-3-2-4-7-14/h2-12,26H,13H2,1H3. The molecule has 29 heavy (non-hydrogen) atoms. The summed E-state index contributed by atoms with van der Waals surface area (Å²) in [5.74, 6) is -0.405. The number of aromatic nitrogens is 1. The summed E-state index contributed by atoms with van der Waals surface area (Å²) in [7, 11) is -2.77. The lowest BCUT2D eigenvalue weighted by atomic mass is 9.98. The largest absolute Gasteiger partial charge is 0.507 e. The molecule has 0 aliphatic rings. The van der Waals surface area contributed by atoms with E-state index in [0.717, 1.165) is 22.6 Å². The maximum atomic E-state index is 13.4. The highest BCUT2D eigenvalue weighted by molar-refractivity contribution is 7.89. The van der Waals surface area contributed by atoms with Crippen LogP contribution < -0.4 is 0 Å². The average molecular weight is 422 g/mol. The zero-order valence-corrected chi connectivity index (χ0v) is 16.1. The number of hydrogen-bond acceptors (Lipinski definition) is 4. The van der Waals surface area contributed by atoms with E-state index in [0.29, 0.717) is 5.56 Å². The van der Waals surface area contributed by atoms with Crippen LogP contribution in [0.3, 0.4) is 0 Å². The van der Waals surface area contributed by atoms with Crippen molar-refractivity contribution in [3.8, 4) is 16.9 Å². The SMILES string of the molecule is CN(Cc1cc(C(F)(F)F)cc(-c2ccccc2)c1O)S(=O)(=O)c1cccnc1. The summed E-state index contributed by atoms with van der Waals surface area (Å²) < 4.78 is 66.4. The van der Waals surface area contributed by atoms with Crippen molar-refractivity contribution in [1.82, 2.24) is 9.29 Å². The minimum Gasteiger partial charge on any atom is -0.507 e. The van der Waals surface area contributed by atoms with E-state index in [-0.39, 0.29) is 16.0 Å². The Hall–Kier alpha value is -2.91. The molecule has 3 aromatic rings. The smallest absolute Gasteiger partial charge is 0.416 e. The Morgan fingerprint density at radius 3 is 2.34 bits per heavy atom. The zero-order chi connectivity index (χ0) is 21.2. The van der Waals surface area contributed by atoms with Gasteiger partial charge in [-0.3, -0.25) is 4.98 Å². The van der Waals surface area contributed by atoms with E-state index in [2.05, 4.69) is 4.98 Å². The molecule has 0 unspecified atom stereocenters. The lowest BCUT2D eigenvalue weighted by molar-refractivity contribution is -0.137. The third-order valence-electron chi connectivity index (χ3n) is 4.34. The molecule has 0 atom stereocenters. The van der Waals surface area contributed by atoms with Crippen LogP contribution in [0.2, 0.25) is 0 Å². The maximum absolute atomic E-state index is 13.4. The van der Waals surface area contributed by atoms with Gasteiger partial charge in [0, 0.05) is 37.1 Å². The van der Waals surface area contributed by atoms with Crippen LogP contribution in [0, 0.1) is 0 Å². The van der Waals surface area contributed by atoms with Gasteiger partial charge in [-0.25, -0.2) is 8.42 Å². The number of nitrogens with zero attached hydrogens (tertiary/aromatic N) is 2. The fraction of sp³-hybridized carbons (Fsp3) is 0.150. The van der Waals surface area contributed by atoms with E-state index >= 15 is 0 Å². The molecule has 9 heteroatoms. The van der Waals surface area contributed by atoms with Crippen LogP contribution in [0.15, 0.2) is 71.9 Å². The first-order chi connectivity index (χ1) is 13.6. The number of phenols is 1. The number of halogens is 3. The van der Waals surface area contributed by atoms with Crippen molar-refractivity contribution in [2.75, 3.05) is 7.05 Å². The van der Waals surface area contributed by atoms with Gasteiger partial charge in [0.25, 0.3) is 0 Å². The number of benzene rings is 2. The number of rotatable bonds is 5. The van der Waals surface area contributed by atoms with Gasteiger partial charge < -0.3 is 5.11 Å². The second kappa shape index (κ2) is 7.84. The Labute approximate surface area is 166 Å². The molecule has 0 aliphatic carbocycles. The van der Waals surface area contributed by atoms with Crippen molar-refractivity contribution in [2.45, 2.75) is 17.6 Å². The first kappa shape index (κ1) is 20.8. The lowest BCUT2D eigenvalue weighted by Crippen LogP contribution is -2.27. The van der Waals surface area contributed by atoms with Crippen molar-refractivity contribution < 1.29 is 26.7 Å². The molecular formula is C20H17F3N2O3S. The number of sulfonamides is 1. The molecule has 0 spiro atoms. The summed E-state index contributed by atoms with van der Waals surface area (Å²) in [6.07, 6.45) is -2.11. The molecule has 0 fully saturated rings. The van der Waals surface area contributed by atoms with Gasteiger partial charge in [-0.1, -0.05) is 30.3 Å². The Balaban J connectivity index is 2.07. The summed E-state index contributed by atoms with van der Waals surface area (Å²) in [5.41, 5.74) is -0.775. The Kier molecular flexibility index (Phi) is 5.63. The van der Waals surface area contributed by atoms with Crippen LogP contribution in [0.4, 0.5) is 13.2 Å². The van der Waals surface area contributed by atoms with Gasteiger partial charge in [0.1, 0.15) is 10.6 Å². The van der Waals surface area contributed by atoms with E-state index in [9.17, 15) is 26.7 Å². The predicted molar refractivity (Wildman–Crippen MR) is 101 cm³/mol. The molecule has 152 valence electrons. The number of pyridine rings is 1. The third kappa shape index (κ3) is 4.41. The second-order valence-corrected chi connectivity index (χ2v) is 8.39. The van der Waals surface area contributed by atoms with Gasteiger partial charge in [0.05, 0.1) is 5.56 Å². The van der Waals surface area contributed by atoms with Gasteiger partial charge in [-0.2, -0.15) is 17.5 Å². The summed E-state index contributed by atoms with van der Waals surface area (Å²) in [6.45, 7) is -0.452. The van der Waals surface area contributed by atoms with E-state index in [1.165, 1.54) is 25.4 Å². The minimum absolute atomic E-state index is 0.0254. The molecule has 0 bridgehead atoms. The van der Waals surface area contributed by atoms with Crippen LogP contribution in [0.1, 0.15) is 11.1 Å². The van der Waals surface area contributed by atoms with E-state index in [4.69, 9.17) is 0 Å². The van der Waals surface area contributed by atoms with Crippen molar-refractivity contribution >= 4 is 10.0 Å². The molecule has 0 saturated carbocycles. The molecule has 0 radical (unpaired) electrons. The first-order valence-electron chi connectivity index (χ1n) is 8.45. The highest BCUT2D eigenvalue weighted by atomic mass is 32.2. The van der Waals surface area contributed by atoms with Crippen LogP contribution >= 0.6 is 0 Å². The fourth-order valence-electron chi connectivity index (χ4n) is 2.82. The van der Waals surface area contributed by atoms with Crippen LogP contribution in [-0.2, 0) is 22.7 Å². The highest BCUT2D eigenvalue weighted by Gasteiger charge is 2.33. The number of aromatic hydroxyl groups is 1. The van der Waals surface area contributed by atoms with Crippen molar-refractivity contribution in [3.05, 3.63) is 78.1 Å². The second-order valence-electron chi connectivity index (χ2n) is 6.35. The van der Waals surface area contributed by atoms with E-state index < -0.39 is 34.1 Å². The lowest BCUT2D eigenvalue weighted by Gasteiger charge is -2.20. The Morgan fingerprint density at radius 2 is 1.76 bits per heavy atom. The van der Waals surface area contributed by atoms with Crippen LogP contribution in [0.5, 0.6) is 5.75 Å². The van der Waals surface area contributed by atoms with Crippen molar-refractivity contribution in [1.29, 1.82) is 0 Å². The quantitative estimate of drug-likeness (QED) is 0.666. The topological polar surface area (TPSA) is 70.5 Å². The zero-order valence-electron chi connectivity index (χ0n) is 15.3. The van der Waals surface area contributed by atoms with Crippen LogP contribution in [-0.4, -0.2) is 29.9 Å². The third-order valence-corrected chi connectivity index (χ3v) is 6.12. The molecule has 0 saturated heterocycles. The van der Waals surface area contributed by atoms with Gasteiger partial charge in [0.2, 0.25) is 10.0 Å². The summed E-state index contributed by atoms with van der Waals surface area (Å²) >= 11 is 0. The molecule has 1 aromatic heterocycles. The molecular weight excluding hydrogens is 405 g/mol. The summed E-state index contributed by atoms with van der Waals surface area (Å²) in [4.78, 5) is 3.65.